The second-order valence-electron chi connectivity index (χ2n) is 6.13. The van der Waals surface area contributed by atoms with Gasteiger partial charge >= 0.3 is 5.97 Å². The highest BCUT2D eigenvalue weighted by atomic mass is 16.5. The summed E-state index contributed by atoms with van der Waals surface area (Å²) in [7, 11) is 0. The van der Waals surface area contributed by atoms with E-state index in [2.05, 4.69) is 17.0 Å². The minimum Gasteiger partial charge on any atom is -0.452 e. The van der Waals surface area contributed by atoms with Crippen LogP contribution in [0.3, 0.4) is 0 Å². The zero-order valence-corrected chi connectivity index (χ0v) is 14.5. The van der Waals surface area contributed by atoms with Gasteiger partial charge in [0.1, 0.15) is 0 Å². The van der Waals surface area contributed by atoms with Gasteiger partial charge in [-0.3, -0.25) is 4.79 Å². The first-order chi connectivity index (χ1) is 12.7. The van der Waals surface area contributed by atoms with Gasteiger partial charge in [-0.05, 0) is 29.8 Å². The summed E-state index contributed by atoms with van der Waals surface area (Å²) in [4.78, 5) is 28.2. The summed E-state index contributed by atoms with van der Waals surface area (Å²) in [6.07, 6.45) is 0. The molecule has 1 fully saturated rings. The summed E-state index contributed by atoms with van der Waals surface area (Å²) >= 11 is 0. The van der Waals surface area contributed by atoms with Gasteiger partial charge in [0.15, 0.2) is 6.61 Å². The lowest BCUT2D eigenvalue weighted by Crippen LogP contribution is -2.49. The Kier molecular flexibility index (Phi) is 5.86. The molecule has 136 valence electrons. The van der Waals surface area contributed by atoms with Gasteiger partial charge in [-0.25, -0.2) is 4.79 Å². The predicted octanol–water partition coefficient (Wildman–Crippen LogP) is 1.68. The first kappa shape index (κ1) is 17.9. The number of hydrogen-bond acceptors (Lipinski definition) is 5. The van der Waals surface area contributed by atoms with Gasteiger partial charge in [0.2, 0.25) is 0 Å². The zero-order valence-electron chi connectivity index (χ0n) is 14.5. The number of hydrogen-bond donors (Lipinski definition) is 1. The Bertz CT molecular complexity index is 738. The van der Waals surface area contributed by atoms with Crippen LogP contribution >= 0.6 is 0 Å². The Morgan fingerprint density at radius 2 is 1.58 bits per heavy atom. The van der Waals surface area contributed by atoms with Gasteiger partial charge in [-0.2, -0.15) is 0 Å². The van der Waals surface area contributed by atoms with Crippen LogP contribution in [0, 0.1) is 0 Å². The molecule has 0 aromatic heterocycles. The highest BCUT2D eigenvalue weighted by Crippen LogP contribution is 2.15. The van der Waals surface area contributed by atoms with Gasteiger partial charge < -0.3 is 19.6 Å². The number of aliphatic hydroxyl groups excluding tert-OH is 1. The van der Waals surface area contributed by atoms with E-state index in [0.717, 1.165) is 18.8 Å². The van der Waals surface area contributed by atoms with Crippen LogP contribution in [0.15, 0.2) is 54.6 Å². The number of ether oxygens (including phenoxy) is 1. The molecule has 1 saturated heterocycles. The third-order valence-corrected chi connectivity index (χ3v) is 4.45. The molecule has 26 heavy (non-hydrogen) atoms. The van der Waals surface area contributed by atoms with Crippen LogP contribution in [0.2, 0.25) is 0 Å². The highest BCUT2D eigenvalue weighted by molar-refractivity contribution is 5.91. The summed E-state index contributed by atoms with van der Waals surface area (Å²) in [6, 6.07) is 16.6. The van der Waals surface area contributed by atoms with Crippen molar-refractivity contribution in [1.82, 2.24) is 4.90 Å². The maximum absolute atomic E-state index is 12.3. The number of anilines is 1. The first-order valence-corrected chi connectivity index (χ1v) is 8.62. The van der Waals surface area contributed by atoms with Crippen LogP contribution < -0.4 is 4.90 Å². The Labute approximate surface area is 152 Å². The summed E-state index contributed by atoms with van der Waals surface area (Å²) in [5.41, 5.74) is 2.23. The molecule has 1 heterocycles. The second-order valence-corrected chi connectivity index (χ2v) is 6.13. The lowest BCUT2D eigenvalue weighted by molar-refractivity contribution is -0.134. The molecular formula is C20H22N2O4. The quantitative estimate of drug-likeness (QED) is 0.828. The summed E-state index contributed by atoms with van der Waals surface area (Å²) < 4.78 is 5.12. The van der Waals surface area contributed by atoms with E-state index in [0.29, 0.717) is 24.2 Å². The van der Waals surface area contributed by atoms with Crippen molar-refractivity contribution in [2.45, 2.75) is 6.61 Å². The van der Waals surface area contributed by atoms with E-state index in [4.69, 9.17) is 9.84 Å². The maximum Gasteiger partial charge on any atom is 0.338 e. The Morgan fingerprint density at radius 1 is 0.923 bits per heavy atom. The van der Waals surface area contributed by atoms with Gasteiger partial charge in [0.25, 0.3) is 5.91 Å². The summed E-state index contributed by atoms with van der Waals surface area (Å²) in [5.74, 6) is -0.719. The van der Waals surface area contributed by atoms with Gasteiger partial charge in [-0.15, -0.1) is 0 Å². The molecule has 0 unspecified atom stereocenters. The van der Waals surface area contributed by atoms with E-state index in [1.165, 1.54) is 0 Å². The Morgan fingerprint density at radius 3 is 2.19 bits per heavy atom. The van der Waals surface area contributed by atoms with Gasteiger partial charge in [-0.1, -0.05) is 30.3 Å². The third kappa shape index (κ3) is 4.40. The molecular weight excluding hydrogens is 332 g/mol. The number of carbonyl (C=O) groups excluding carboxylic acids is 2. The van der Waals surface area contributed by atoms with E-state index in [1.54, 1.807) is 29.2 Å². The molecule has 0 radical (unpaired) electrons. The SMILES string of the molecule is O=C(OCC(=O)N1CCN(c2ccccc2)CC1)c1ccc(CO)cc1. The number of piperazine rings is 1. The zero-order chi connectivity index (χ0) is 18.4. The minimum absolute atomic E-state index is 0.0806. The lowest BCUT2D eigenvalue weighted by atomic mass is 10.1. The van der Waals surface area contributed by atoms with Crippen molar-refractivity contribution in [2.24, 2.45) is 0 Å². The number of esters is 1. The molecule has 0 saturated carbocycles. The largest absolute Gasteiger partial charge is 0.452 e. The normalized spacial score (nSPS) is 14.2. The van der Waals surface area contributed by atoms with Crippen molar-refractivity contribution in [3.8, 4) is 0 Å². The molecule has 1 aliphatic rings. The molecule has 1 N–H and O–H groups in total. The average Bonchev–Trinajstić information content (AvgIpc) is 2.72. The van der Waals surface area contributed by atoms with Crippen molar-refractivity contribution in [3.63, 3.8) is 0 Å². The van der Waals surface area contributed by atoms with Crippen molar-refractivity contribution in [3.05, 3.63) is 65.7 Å². The van der Waals surface area contributed by atoms with E-state index in [-0.39, 0.29) is 19.1 Å². The molecule has 1 amide bonds. The average molecular weight is 354 g/mol. The maximum atomic E-state index is 12.3. The number of aliphatic hydroxyl groups is 1. The molecule has 0 atom stereocenters. The van der Waals surface area contributed by atoms with Gasteiger partial charge in [0, 0.05) is 31.9 Å². The number of rotatable bonds is 5. The number of carbonyl (C=O) groups is 2. The molecule has 0 spiro atoms. The van der Waals surface area contributed by atoms with Crippen LogP contribution in [0.1, 0.15) is 15.9 Å². The Balaban J connectivity index is 1.46. The number of amides is 1. The molecule has 2 aromatic carbocycles. The number of benzene rings is 2. The van der Waals surface area contributed by atoms with E-state index < -0.39 is 5.97 Å². The van der Waals surface area contributed by atoms with Crippen molar-refractivity contribution in [1.29, 1.82) is 0 Å². The lowest BCUT2D eigenvalue weighted by Gasteiger charge is -2.36. The molecule has 6 nitrogen and oxygen atoms in total. The monoisotopic (exact) mass is 354 g/mol. The van der Waals surface area contributed by atoms with Crippen LogP contribution in [-0.2, 0) is 16.1 Å². The van der Waals surface area contributed by atoms with Crippen LogP contribution in [-0.4, -0.2) is 54.7 Å². The fourth-order valence-electron chi connectivity index (χ4n) is 2.90. The topological polar surface area (TPSA) is 70.1 Å². The minimum atomic E-state index is -0.536. The van der Waals surface area contributed by atoms with Crippen molar-refractivity contribution in [2.75, 3.05) is 37.7 Å². The summed E-state index contributed by atoms with van der Waals surface area (Å²) in [5, 5.41) is 9.01. The standard InChI is InChI=1S/C20H22N2O4/c23-14-16-6-8-17(9-7-16)20(25)26-15-19(24)22-12-10-21(11-13-22)18-4-2-1-3-5-18/h1-9,23H,10-15H2. The van der Waals surface area contributed by atoms with E-state index in [9.17, 15) is 9.59 Å². The molecule has 2 aromatic rings. The first-order valence-electron chi connectivity index (χ1n) is 8.62. The van der Waals surface area contributed by atoms with Crippen LogP contribution in [0.4, 0.5) is 5.69 Å². The van der Waals surface area contributed by atoms with E-state index in [1.807, 2.05) is 18.2 Å². The van der Waals surface area contributed by atoms with Crippen LogP contribution in [0.25, 0.3) is 0 Å². The van der Waals surface area contributed by atoms with E-state index >= 15 is 0 Å². The third-order valence-electron chi connectivity index (χ3n) is 4.45. The molecule has 0 bridgehead atoms. The smallest absolute Gasteiger partial charge is 0.338 e. The fraction of sp³-hybridized carbons (Fsp3) is 0.300. The van der Waals surface area contributed by atoms with Gasteiger partial charge in [0.05, 0.1) is 12.2 Å². The van der Waals surface area contributed by atoms with Crippen molar-refractivity contribution < 1.29 is 19.4 Å². The fourth-order valence-corrected chi connectivity index (χ4v) is 2.90. The molecule has 6 heteroatoms. The number of para-hydroxylation sites is 1. The predicted molar refractivity (Wildman–Crippen MR) is 97.9 cm³/mol. The molecule has 0 aliphatic carbocycles. The second kappa shape index (κ2) is 8.49. The molecule has 3 rings (SSSR count). The van der Waals surface area contributed by atoms with Crippen molar-refractivity contribution >= 4 is 17.6 Å². The highest BCUT2D eigenvalue weighted by Gasteiger charge is 2.22. The number of nitrogens with zero attached hydrogens (tertiary/aromatic N) is 2. The molecule has 1 aliphatic heterocycles. The van der Waals surface area contributed by atoms with Crippen LogP contribution in [0.5, 0.6) is 0 Å². The summed E-state index contributed by atoms with van der Waals surface area (Å²) in [6.45, 7) is 2.39. The Hall–Kier alpha value is -2.86.